The van der Waals surface area contributed by atoms with E-state index in [1.807, 2.05) is 6.92 Å². The molecule has 0 aromatic rings. The molecule has 3 amide bonds. The van der Waals surface area contributed by atoms with Crippen LogP contribution in [0.2, 0.25) is 0 Å². The van der Waals surface area contributed by atoms with E-state index >= 15 is 0 Å². The van der Waals surface area contributed by atoms with Crippen LogP contribution < -0.4 is 10.6 Å². The SMILES string of the molecule is CC1CCNC1C(=O)N1CC(=O)NC(=O)C1(C)C. The van der Waals surface area contributed by atoms with Gasteiger partial charge in [-0.2, -0.15) is 0 Å². The van der Waals surface area contributed by atoms with Crippen molar-refractivity contribution in [3.8, 4) is 0 Å². The second-order valence-corrected chi connectivity index (χ2v) is 5.56. The summed E-state index contributed by atoms with van der Waals surface area (Å²) in [6.45, 7) is 6.06. The van der Waals surface area contributed by atoms with E-state index in [2.05, 4.69) is 10.6 Å². The summed E-state index contributed by atoms with van der Waals surface area (Å²) in [5, 5.41) is 5.40. The van der Waals surface area contributed by atoms with Gasteiger partial charge in [-0.1, -0.05) is 6.92 Å². The Morgan fingerprint density at radius 1 is 1.39 bits per heavy atom. The largest absolute Gasteiger partial charge is 0.318 e. The number of nitrogens with one attached hydrogen (secondary N) is 2. The fraction of sp³-hybridized carbons (Fsp3) is 0.750. The topological polar surface area (TPSA) is 78.5 Å². The van der Waals surface area contributed by atoms with Gasteiger partial charge in [-0.25, -0.2) is 0 Å². The van der Waals surface area contributed by atoms with Crippen LogP contribution in [-0.2, 0) is 14.4 Å². The third kappa shape index (κ3) is 2.01. The number of carbonyl (C=O) groups is 3. The van der Waals surface area contributed by atoms with Crippen molar-refractivity contribution in [3.05, 3.63) is 0 Å². The van der Waals surface area contributed by atoms with Crippen LogP contribution in [0.5, 0.6) is 0 Å². The Bertz CT molecular complexity index is 405. The van der Waals surface area contributed by atoms with Gasteiger partial charge in [0.2, 0.25) is 11.8 Å². The third-order valence-electron chi connectivity index (χ3n) is 3.85. The van der Waals surface area contributed by atoms with Gasteiger partial charge in [0.25, 0.3) is 5.91 Å². The molecule has 0 aliphatic carbocycles. The van der Waals surface area contributed by atoms with Crippen molar-refractivity contribution in [2.24, 2.45) is 5.92 Å². The molecular formula is C12H19N3O3. The average molecular weight is 253 g/mol. The molecular weight excluding hydrogens is 234 g/mol. The summed E-state index contributed by atoms with van der Waals surface area (Å²) in [5.41, 5.74) is -0.977. The summed E-state index contributed by atoms with van der Waals surface area (Å²) < 4.78 is 0. The van der Waals surface area contributed by atoms with Crippen molar-refractivity contribution in [3.63, 3.8) is 0 Å². The maximum absolute atomic E-state index is 12.4. The number of hydrogen-bond acceptors (Lipinski definition) is 4. The summed E-state index contributed by atoms with van der Waals surface area (Å²) >= 11 is 0. The monoisotopic (exact) mass is 253 g/mol. The molecule has 6 heteroatoms. The number of piperazine rings is 1. The predicted octanol–water partition coefficient (Wildman–Crippen LogP) is -0.752. The smallest absolute Gasteiger partial charge is 0.252 e. The highest BCUT2D eigenvalue weighted by atomic mass is 16.2. The summed E-state index contributed by atoms with van der Waals surface area (Å²) in [6, 6.07) is -0.289. The lowest BCUT2D eigenvalue weighted by molar-refractivity contribution is -0.156. The van der Waals surface area contributed by atoms with Crippen molar-refractivity contribution in [2.75, 3.05) is 13.1 Å². The number of hydrogen-bond donors (Lipinski definition) is 2. The highest BCUT2D eigenvalue weighted by Gasteiger charge is 2.46. The van der Waals surface area contributed by atoms with Crippen molar-refractivity contribution < 1.29 is 14.4 Å². The Labute approximate surface area is 106 Å². The van der Waals surface area contributed by atoms with Gasteiger partial charge in [0.1, 0.15) is 12.1 Å². The molecule has 2 atom stereocenters. The second-order valence-electron chi connectivity index (χ2n) is 5.56. The number of carbonyl (C=O) groups excluding carboxylic acids is 3. The van der Waals surface area contributed by atoms with Gasteiger partial charge in [0, 0.05) is 0 Å². The van der Waals surface area contributed by atoms with Gasteiger partial charge in [-0.05, 0) is 32.7 Å². The number of nitrogens with zero attached hydrogens (tertiary/aromatic N) is 1. The first kappa shape index (κ1) is 13.0. The fourth-order valence-corrected chi connectivity index (χ4v) is 2.47. The van der Waals surface area contributed by atoms with Crippen molar-refractivity contribution in [1.82, 2.24) is 15.5 Å². The van der Waals surface area contributed by atoms with Crippen LogP contribution in [0.3, 0.4) is 0 Å². The van der Waals surface area contributed by atoms with Gasteiger partial charge in [0.15, 0.2) is 0 Å². The van der Waals surface area contributed by atoms with Gasteiger partial charge >= 0.3 is 0 Å². The van der Waals surface area contributed by atoms with Crippen LogP contribution in [0.25, 0.3) is 0 Å². The standard InChI is InChI=1S/C12H19N3O3/c1-7-4-5-13-9(7)10(17)15-6-8(16)14-11(18)12(15,2)3/h7,9,13H,4-6H2,1-3H3,(H,14,16,18). The number of amides is 3. The lowest BCUT2D eigenvalue weighted by Gasteiger charge is -2.41. The molecule has 2 fully saturated rings. The summed E-state index contributed by atoms with van der Waals surface area (Å²) in [5.74, 6) is -0.766. The van der Waals surface area contributed by atoms with Crippen LogP contribution in [0.15, 0.2) is 0 Å². The summed E-state index contributed by atoms with van der Waals surface area (Å²) in [6.07, 6.45) is 0.935. The Morgan fingerprint density at radius 3 is 2.61 bits per heavy atom. The lowest BCUT2D eigenvalue weighted by atomic mass is 9.95. The Kier molecular flexibility index (Phi) is 3.14. The molecule has 100 valence electrons. The zero-order valence-corrected chi connectivity index (χ0v) is 10.9. The van der Waals surface area contributed by atoms with Crippen LogP contribution >= 0.6 is 0 Å². The van der Waals surface area contributed by atoms with Gasteiger partial charge in [0.05, 0.1) is 6.04 Å². The van der Waals surface area contributed by atoms with Gasteiger partial charge in [-0.15, -0.1) is 0 Å². The van der Waals surface area contributed by atoms with Crippen LogP contribution in [0.1, 0.15) is 27.2 Å². The normalized spacial score (nSPS) is 31.4. The van der Waals surface area contributed by atoms with E-state index in [-0.39, 0.29) is 24.4 Å². The predicted molar refractivity (Wildman–Crippen MR) is 64.5 cm³/mol. The van der Waals surface area contributed by atoms with Crippen molar-refractivity contribution in [2.45, 2.75) is 38.8 Å². The molecule has 0 spiro atoms. The highest BCUT2D eigenvalue weighted by Crippen LogP contribution is 2.23. The average Bonchev–Trinajstić information content (AvgIpc) is 2.69. The van der Waals surface area contributed by atoms with E-state index in [4.69, 9.17) is 0 Å². The van der Waals surface area contributed by atoms with E-state index in [1.54, 1.807) is 13.8 Å². The fourth-order valence-electron chi connectivity index (χ4n) is 2.47. The van der Waals surface area contributed by atoms with E-state index in [0.29, 0.717) is 0 Å². The van der Waals surface area contributed by atoms with Crippen LogP contribution in [0.4, 0.5) is 0 Å². The quantitative estimate of drug-likeness (QED) is 0.603. The molecule has 18 heavy (non-hydrogen) atoms. The lowest BCUT2D eigenvalue weighted by Crippen LogP contribution is -2.67. The molecule has 0 aromatic heterocycles. The van der Waals surface area contributed by atoms with Gasteiger partial charge < -0.3 is 10.2 Å². The zero-order chi connectivity index (χ0) is 13.5. The van der Waals surface area contributed by atoms with Crippen LogP contribution in [0, 0.1) is 5.92 Å². The molecule has 0 radical (unpaired) electrons. The molecule has 2 aliphatic heterocycles. The van der Waals surface area contributed by atoms with E-state index in [0.717, 1.165) is 13.0 Å². The highest BCUT2D eigenvalue weighted by molar-refractivity contribution is 6.06. The summed E-state index contributed by atoms with van der Waals surface area (Å²) in [4.78, 5) is 37.0. The summed E-state index contributed by atoms with van der Waals surface area (Å²) in [7, 11) is 0. The Balaban J connectivity index is 2.22. The number of rotatable bonds is 1. The first-order chi connectivity index (χ1) is 8.34. The van der Waals surface area contributed by atoms with Crippen molar-refractivity contribution in [1.29, 1.82) is 0 Å². The molecule has 2 N–H and O–H groups in total. The molecule has 2 aliphatic rings. The molecule has 0 saturated carbocycles. The van der Waals surface area contributed by atoms with Gasteiger partial charge in [-0.3, -0.25) is 19.7 Å². The minimum absolute atomic E-state index is 0.0531. The minimum Gasteiger partial charge on any atom is -0.318 e. The first-order valence-electron chi connectivity index (χ1n) is 6.23. The molecule has 0 bridgehead atoms. The first-order valence-corrected chi connectivity index (χ1v) is 6.23. The third-order valence-corrected chi connectivity index (χ3v) is 3.85. The van der Waals surface area contributed by atoms with E-state index in [9.17, 15) is 14.4 Å². The molecule has 6 nitrogen and oxygen atoms in total. The Hall–Kier alpha value is -1.43. The van der Waals surface area contributed by atoms with Crippen LogP contribution in [-0.4, -0.2) is 47.3 Å². The maximum atomic E-state index is 12.4. The Morgan fingerprint density at radius 2 is 2.06 bits per heavy atom. The molecule has 2 rings (SSSR count). The minimum atomic E-state index is -0.977. The molecule has 0 aromatic carbocycles. The van der Waals surface area contributed by atoms with E-state index < -0.39 is 17.4 Å². The maximum Gasteiger partial charge on any atom is 0.252 e. The van der Waals surface area contributed by atoms with E-state index in [1.165, 1.54) is 4.90 Å². The second kappa shape index (κ2) is 4.35. The number of imide groups is 1. The molecule has 2 heterocycles. The van der Waals surface area contributed by atoms with Crippen molar-refractivity contribution >= 4 is 17.7 Å². The zero-order valence-electron chi connectivity index (χ0n) is 10.9. The molecule has 2 saturated heterocycles. The molecule has 2 unspecified atom stereocenters.